The zero-order valence-electron chi connectivity index (χ0n) is 11.4. The van der Waals surface area contributed by atoms with Gasteiger partial charge in [-0.1, -0.05) is 41.9 Å². The second kappa shape index (κ2) is 7.81. The Morgan fingerprint density at radius 2 is 1.75 bits per heavy atom. The van der Waals surface area contributed by atoms with E-state index in [0.29, 0.717) is 17.4 Å². The molecule has 0 aromatic heterocycles. The van der Waals surface area contributed by atoms with Gasteiger partial charge in [-0.15, -0.1) is 0 Å². The molecule has 0 aliphatic heterocycles. The molecule has 2 nitrogen and oxygen atoms in total. The summed E-state index contributed by atoms with van der Waals surface area (Å²) in [6.45, 7) is 0.676. The Labute approximate surface area is 125 Å². The van der Waals surface area contributed by atoms with Gasteiger partial charge in [0.05, 0.1) is 11.6 Å². The van der Waals surface area contributed by atoms with E-state index < -0.39 is 0 Å². The average Bonchev–Trinajstić information content (AvgIpc) is 2.47. The van der Waals surface area contributed by atoms with Gasteiger partial charge in [0.2, 0.25) is 0 Å². The highest BCUT2D eigenvalue weighted by molar-refractivity contribution is 6.32. The standard InChI is InChI=1S/C17H19ClO2/c18-16-13-15(10-11-17(16)19)20-12-6-2-5-9-14-7-3-1-4-8-14/h1,3-4,7-8,10-11,13,19H,2,5-6,9,12H2. The number of phenols is 1. The van der Waals surface area contributed by atoms with Crippen molar-refractivity contribution >= 4 is 11.6 Å². The molecule has 2 aromatic rings. The zero-order chi connectivity index (χ0) is 14.2. The Morgan fingerprint density at radius 1 is 0.950 bits per heavy atom. The van der Waals surface area contributed by atoms with Crippen LogP contribution in [0.2, 0.25) is 5.02 Å². The van der Waals surface area contributed by atoms with Crippen molar-refractivity contribution < 1.29 is 9.84 Å². The fourth-order valence-electron chi connectivity index (χ4n) is 2.02. The maximum atomic E-state index is 9.31. The first-order valence-corrected chi connectivity index (χ1v) is 7.29. The molecule has 0 unspecified atom stereocenters. The van der Waals surface area contributed by atoms with E-state index in [9.17, 15) is 5.11 Å². The van der Waals surface area contributed by atoms with E-state index >= 15 is 0 Å². The Balaban J connectivity index is 1.61. The number of aryl methyl sites for hydroxylation is 1. The van der Waals surface area contributed by atoms with Gasteiger partial charge in [0.1, 0.15) is 11.5 Å². The number of ether oxygens (including phenoxy) is 1. The van der Waals surface area contributed by atoms with Gasteiger partial charge in [0, 0.05) is 6.07 Å². The Kier molecular flexibility index (Phi) is 5.75. The van der Waals surface area contributed by atoms with Crippen molar-refractivity contribution in [3.8, 4) is 11.5 Å². The number of hydrogen-bond acceptors (Lipinski definition) is 2. The van der Waals surface area contributed by atoms with E-state index in [1.54, 1.807) is 18.2 Å². The molecule has 0 spiro atoms. The highest BCUT2D eigenvalue weighted by Gasteiger charge is 2.00. The van der Waals surface area contributed by atoms with Crippen LogP contribution in [-0.4, -0.2) is 11.7 Å². The van der Waals surface area contributed by atoms with Gasteiger partial charge in [-0.3, -0.25) is 0 Å². The lowest BCUT2D eigenvalue weighted by Gasteiger charge is -2.07. The number of halogens is 1. The minimum absolute atomic E-state index is 0.0851. The third kappa shape index (κ3) is 4.78. The predicted octanol–water partition coefficient (Wildman–Crippen LogP) is 4.84. The fourth-order valence-corrected chi connectivity index (χ4v) is 2.19. The maximum Gasteiger partial charge on any atom is 0.134 e. The molecule has 0 heterocycles. The van der Waals surface area contributed by atoms with E-state index in [-0.39, 0.29) is 5.75 Å². The van der Waals surface area contributed by atoms with Gasteiger partial charge in [0.15, 0.2) is 0 Å². The van der Waals surface area contributed by atoms with Gasteiger partial charge >= 0.3 is 0 Å². The third-order valence-electron chi connectivity index (χ3n) is 3.14. The van der Waals surface area contributed by atoms with E-state index in [4.69, 9.17) is 16.3 Å². The summed E-state index contributed by atoms with van der Waals surface area (Å²) in [4.78, 5) is 0. The summed E-state index contributed by atoms with van der Waals surface area (Å²) in [5.41, 5.74) is 1.39. The van der Waals surface area contributed by atoms with Crippen LogP contribution in [-0.2, 0) is 6.42 Å². The van der Waals surface area contributed by atoms with E-state index in [0.717, 1.165) is 19.3 Å². The summed E-state index contributed by atoms with van der Waals surface area (Å²) in [5.74, 6) is 0.790. The highest BCUT2D eigenvalue weighted by Crippen LogP contribution is 2.27. The highest BCUT2D eigenvalue weighted by atomic mass is 35.5. The first-order valence-electron chi connectivity index (χ1n) is 6.91. The fraction of sp³-hybridized carbons (Fsp3) is 0.294. The molecule has 1 N–H and O–H groups in total. The van der Waals surface area contributed by atoms with Crippen molar-refractivity contribution in [3.05, 3.63) is 59.1 Å². The maximum absolute atomic E-state index is 9.31. The monoisotopic (exact) mass is 290 g/mol. The van der Waals surface area contributed by atoms with Crippen molar-refractivity contribution in [2.24, 2.45) is 0 Å². The Morgan fingerprint density at radius 3 is 2.50 bits per heavy atom. The number of hydrogen-bond donors (Lipinski definition) is 1. The molecular formula is C17H19ClO2. The molecule has 0 saturated heterocycles. The van der Waals surface area contributed by atoms with Crippen molar-refractivity contribution in [1.29, 1.82) is 0 Å². The Hall–Kier alpha value is -1.67. The first kappa shape index (κ1) is 14.7. The van der Waals surface area contributed by atoms with Crippen molar-refractivity contribution in [1.82, 2.24) is 0 Å². The van der Waals surface area contributed by atoms with Crippen LogP contribution < -0.4 is 4.74 Å². The largest absolute Gasteiger partial charge is 0.506 e. The molecule has 0 bridgehead atoms. The molecule has 0 aliphatic rings. The van der Waals surface area contributed by atoms with Gasteiger partial charge < -0.3 is 9.84 Å². The lowest BCUT2D eigenvalue weighted by atomic mass is 10.1. The van der Waals surface area contributed by atoms with Gasteiger partial charge in [0.25, 0.3) is 0 Å². The summed E-state index contributed by atoms with van der Waals surface area (Å²) in [6.07, 6.45) is 4.45. The lowest BCUT2D eigenvalue weighted by molar-refractivity contribution is 0.305. The SMILES string of the molecule is Oc1ccc(OCCCCCc2ccccc2)cc1Cl. The molecule has 0 saturated carbocycles. The molecule has 0 aliphatic carbocycles. The molecule has 2 rings (SSSR count). The first-order chi connectivity index (χ1) is 9.75. The summed E-state index contributed by atoms with van der Waals surface area (Å²) in [6, 6.07) is 15.4. The van der Waals surface area contributed by atoms with Crippen LogP contribution >= 0.6 is 11.6 Å². The second-order valence-corrected chi connectivity index (χ2v) is 5.17. The van der Waals surface area contributed by atoms with Gasteiger partial charge in [-0.05, 0) is 43.4 Å². The summed E-state index contributed by atoms with van der Waals surface area (Å²) >= 11 is 5.81. The number of aromatic hydroxyl groups is 1. The van der Waals surface area contributed by atoms with E-state index in [1.807, 2.05) is 6.07 Å². The van der Waals surface area contributed by atoms with E-state index in [2.05, 4.69) is 24.3 Å². The van der Waals surface area contributed by atoms with Crippen molar-refractivity contribution in [3.63, 3.8) is 0 Å². The lowest BCUT2D eigenvalue weighted by Crippen LogP contribution is -1.97. The third-order valence-corrected chi connectivity index (χ3v) is 3.44. The molecule has 106 valence electrons. The molecule has 0 atom stereocenters. The number of rotatable bonds is 7. The summed E-state index contributed by atoms with van der Waals surface area (Å²) in [7, 11) is 0. The van der Waals surface area contributed by atoms with E-state index in [1.165, 1.54) is 12.0 Å². The minimum atomic E-state index is 0.0851. The van der Waals surface area contributed by atoms with Crippen LogP contribution in [0.1, 0.15) is 24.8 Å². The van der Waals surface area contributed by atoms with Crippen LogP contribution in [0.25, 0.3) is 0 Å². The molecule has 0 amide bonds. The number of benzene rings is 2. The molecule has 2 aromatic carbocycles. The minimum Gasteiger partial charge on any atom is -0.506 e. The van der Waals surface area contributed by atoms with Crippen LogP contribution in [0.5, 0.6) is 11.5 Å². The van der Waals surface area contributed by atoms with Gasteiger partial charge in [-0.2, -0.15) is 0 Å². The Bertz CT molecular complexity index is 526. The molecule has 0 fully saturated rings. The molecule has 0 radical (unpaired) electrons. The van der Waals surface area contributed by atoms with Crippen LogP contribution in [0.15, 0.2) is 48.5 Å². The van der Waals surface area contributed by atoms with Crippen LogP contribution in [0.4, 0.5) is 0 Å². The average molecular weight is 291 g/mol. The molecular weight excluding hydrogens is 272 g/mol. The zero-order valence-corrected chi connectivity index (χ0v) is 12.1. The van der Waals surface area contributed by atoms with Crippen LogP contribution in [0, 0.1) is 0 Å². The summed E-state index contributed by atoms with van der Waals surface area (Å²) in [5, 5.41) is 9.63. The topological polar surface area (TPSA) is 29.5 Å². The number of phenolic OH excluding ortho intramolecular Hbond substituents is 1. The van der Waals surface area contributed by atoms with Crippen molar-refractivity contribution in [2.75, 3.05) is 6.61 Å². The van der Waals surface area contributed by atoms with Crippen molar-refractivity contribution in [2.45, 2.75) is 25.7 Å². The predicted molar refractivity (Wildman–Crippen MR) is 82.6 cm³/mol. The smallest absolute Gasteiger partial charge is 0.134 e. The van der Waals surface area contributed by atoms with Crippen LogP contribution in [0.3, 0.4) is 0 Å². The summed E-state index contributed by atoms with van der Waals surface area (Å²) < 4.78 is 5.60. The normalized spacial score (nSPS) is 10.4. The van der Waals surface area contributed by atoms with Gasteiger partial charge in [-0.25, -0.2) is 0 Å². The molecule has 20 heavy (non-hydrogen) atoms. The number of unbranched alkanes of at least 4 members (excludes halogenated alkanes) is 2. The second-order valence-electron chi connectivity index (χ2n) is 4.76. The molecule has 3 heteroatoms. The quantitative estimate of drug-likeness (QED) is 0.740.